The van der Waals surface area contributed by atoms with E-state index in [1.807, 2.05) is 79.1 Å². The van der Waals surface area contributed by atoms with E-state index in [0.29, 0.717) is 56.1 Å². The van der Waals surface area contributed by atoms with Crippen LogP contribution in [0.1, 0.15) is 55.0 Å². The third-order valence-electron chi connectivity index (χ3n) is 10.8. The van der Waals surface area contributed by atoms with E-state index in [0.717, 1.165) is 65.1 Å². The van der Waals surface area contributed by atoms with Gasteiger partial charge in [0.1, 0.15) is 0 Å². The Morgan fingerprint density at radius 2 is 1.56 bits per heavy atom. The lowest BCUT2D eigenvalue weighted by atomic mass is 9.88. The SMILES string of the molecule is Cc1c(C)c(-c2cc3c(cc2C(=O)N2Cc4ccccc4C[C@H]2CN2CCOCC2)CN(C(=O)/C=C/c2ccccc2)CC3)n(C(N)=O)c1C. The van der Waals surface area contributed by atoms with Gasteiger partial charge < -0.3 is 20.3 Å². The third kappa shape index (κ3) is 6.51. The molecule has 0 unspecified atom stereocenters. The van der Waals surface area contributed by atoms with Crippen LogP contribution in [-0.2, 0) is 35.5 Å². The van der Waals surface area contributed by atoms with Crippen LogP contribution in [-0.4, -0.2) is 82.5 Å². The van der Waals surface area contributed by atoms with Gasteiger partial charge in [-0.1, -0.05) is 54.6 Å². The number of morpholine rings is 1. The number of nitrogens with two attached hydrogens (primary N) is 1. The van der Waals surface area contributed by atoms with E-state index in [2.05, 4.69) is 29.2 Å². The molecular weight excluding hydrogens is 626 g/mol. The lowest BCUT2D eigenvalue weighted by Crippen LogP contribution is -2.52. The summed E-state index contributed by atoms with van der Waals surface area (Å²) in [6, 6.07) is 21.6. The first-order valence-corrected chi connectivity index (χ1v) is 17.5. The summed E-state index contributed by atoms with van der Waals surface area (Å²) < 4.78 is 7.18. The maximum Gasteiger partial charge on any atom is 0.323 e. The van der Waals surface area contributed by atoms with Crippen molar-refractivity contribution in [1.29, 1.82) is 0 Å². The zero-order chi connectivity index (χ0) is 34.9. The Morgan fingerprint density at radius 1 is 0.840 bits per heavy atom. The Labute approximate surface area is 293 Å². The second-order valence-corrected chi connectivity index (χ2v) is 13.8. The molecule has 0 spiro atoms. The number of fused-ring (bicyclic) bond motifs is 2. The number of aromatic nitrogens is 1. The summed E-state index contributed by atoms with van der Waals surface area (Å²) >= 11 is 0. The number of amides is 3. The van der Waals surface area contributed by atoms with Gasteiger partial charge in [0.2, 0.25) is 5.91 Å². The summed E-state index contributed by atoms with van der Waals surface area (Å²) in [5.41, 5.74) is 15.9. The minimum absolute atomic E-state index is 0.0481. The number of hydrogen-bond donors (Lipinski definition) is 1. The van der Waals surface area contributed by atoms with Gasteiger partial charge in [-0.3, -0.25) is 19.1 Å². The molecule has 0 aliphatic carbocycles. The molecule has 3 aliphatic rings. The molecule has 3 amide bonds. The highest BCUT2D eigenvalue weighted by Crippen LogP contribution is 2.38. The molecule has 9 heteroatoms. The van der Waals surface area contributed by atoms with E-state index in [9.17, 15) is 9.59 Å². The van der Waals surface area contributed by atoms with Crippen molar-refractivity contribution in [1.82, 2.24) is 19.3 Å². The van der Waals surface area contributed by atoms with E-state index in [1.165, 1.54) is 5.56 Å². The second kappa shape index (κ2) is 14.1. The number of carbonyl (C=O) groups is 3. The maximum absolute atomic E-state index is 15.2. The van der Waals surface area contributed by atoms with Gasteiger partial charge in [0.15, 0.2) is 0 Å². The minimum Gasteiger partial charge on any atom is -0.379 e. The first-order chi connectivity index (χ1) is 24.2. The van der Waals surface area contributed by atoms with Crippen LogP contribution in [0.3, 0.4) is 0 Å². The Morgan fingerprint density at radius 3 is 2.30 bits per heavy atom. The van der Waals surface area contributed by atoms with Gasteiger partial charge in [-0.25, -0.2) is 4.79 Å². The van der Waals surface area contributed by atoms with Crippen LogP contribution < -0.4 is 5.73 Å². The summed E-state index contributed by atoms with van der Waals surface area (Å²) in [5, 5.41) is 0. The lowest BCUT2D eigenvalue weighted by Gasteiger charge is -2.41. The summed E-state index contributed by atoms with van der Waals surface area (Å²) in [6.07, 6.45) is 4.85. The highest BCUT2D eigenvalue weighted by Gasteiger charge is 2.35. The van der Waals surface area contributed by atoms with Gasteiger partial charge in [0.25, 0.3) is 5.91 Å². The predicted molar refractivity (Wildman–Crippen MR) is 195 cm³/mol. The van der Waals surface area contributed by atoms with Crippen LogP contribution in [0.2, 0.25) is 0 Å². The molecule has 0 bridgehead atoms. The van der Waals surface area contributed by atoms with Crippen molar-refractivity contribution in [2.24, 2.45) is 5.73 Å². The van der Waals surface area contributed by atoms with Gasteiger partial charge in [-0.15, -0.1) is 0 Å². The van der Waals surface area contributed by atoms with E-state index in [-0.39, 0.29) is 17.9 Å². The number of benzene rings is 3. The van der Waals surface area contributed by atoms with E-state index < -0.39 is 6.03 Å². The number of hydrogen-bond acceptors (Lipinski definition) is 5. The quantitative estimate of drug-likeness (QED) is 0.273. The minimum atomic E-state index is -0.580. The van der Waals surface area contributed by atoms with Gasteiger partial charge in [-0.2, -0.15) is 0 Å². The van der Waals surface area contributed by atoms with Crippen LogP contribution >= 0.6 is 0 Å². The monoisotopic (exact) mass is 671 g/mol. The molecular formula is C41H45N5O4. The molecule has 7 rings (SSSR count). The smallest absolute Gasteiger partial charge is 0.323 e. The van der Waals surface area contributed by atoms with Gasteiger partial charge in [0, 0.05) is 68.2 Å². The summed E-state index contributed by atoms with van der Waals surface area (Å²) in [5.74, 6) is -0.158. The number of rotatable bonds is 6. The normalized spacial score (nSPS) is 17.9. The van der Waals surface area contributed by atoms with Gasteiger partial charge in [0.05, 0.1) is 18.9 Å². The average Bonchev–Trinajstić information content (AvgIpc) is 3.37. The van der Waals surface area contributed by atoms with E-state index >= 15 is 4.79 Å². The van der Waals surface area contributed by atoms with Crippen LogP contribution in [0.4, 0.5) is 4.79 Å². The predicted octanol–water partition coefficient (Wildman–Crippen LogP) is 5.50. The van der Waals surface area contributed by atoms with Gasteiger partial charge >= 0.3 is 6.03 Å². The van der Waals surface area contributed by atoms with Crippen LogP contribution in [0.15, 0.2) is 72.8 Å². The van der Waals surface area contributed by atoms with Crippen molar-refractivity contribution >= 4 is 23.9 Å². The van der Waals surface area contributed by atoms with Crippen LogP contribution in [0.5, 0.6) is 0 Å². The summed E-state index contributed by atoms with van der Waals surface area (Å²) in [4.78, 5) is 47.8. The fourth-order valence-corrected chi connectivity index (χ4v) is 7.78. The van der Waals surface area contributed by atoms with Gasteiger partial charge in [-0.05, 0) is 90.8 Å². The molecule has 3 aliphatic heterocycles. The second-order valence-electron chi connectivity index (χ2n) is 13.8. The highest BCUT2D eigenvalue weighted by molar-refractivity contribution is 6.03. The topological polar surface area (TPSA) is 101 Å². The van der Waals surface area contributed by atoms with E-state index in [4.69, 9.17) is 10.5 Å². The lowest BCUT2D eigenvalue weighted by molar-refractivity contribution is -0.126. The van der Waals surface area contributed by atoms with Crippen LogP contribution in [0, 0.1) is 20.8 Å². The number of ether oxygens (including phenoxy) is 1. The molecule has 0 saturated carbocycles. The van der Waals surface area contributed by atoms with Crippen molar-refractivity contribution in [3.05, 3.63) is 123 Å². The highest BCUT2D eigenvalue weighted by atomic mass is 16.5. The molecule has 2 N–H and O–H groups in total. The van der Waals surface area contributed by atoms with Crippen molar-refractivity contribution in [3.63, 3.8) is 0 Å². The molecule has 0 radical (unpaired) electrons. The summed E-state index contributed by atoms with van der Waals surface area (Å²) in [7, 11) is 0. The molecule has 4 aromatic rings. The molecule has 1 saturated heterocycles. The zero-order valence-corrected chi connectivity index (χ0v) is 29.2. The first kappa shape index (κ1) is 33.5. The fraction of sp³-hybridized carbons (Fsp3) is 0.341. The molecule has 258 valence electrons. The van der Waals surface area contributed by atoms with Crippen LogP contribution in [0.25, 0.3) is 17.3 Å². The Kier molecular flexibility index (Phi) is 9.44. The maximum atomic E-state index is 15.2. The molecule has 50 heavy (non-hydrogen) atoms. The average molecular weight is 672 g/mol. The molecule has 3 aromatic carbocycles. The van der Waals surface area contributed by atoms with Crippen molar-refractivity contribution in [2.45, 2.75) is 52.7 Å². The molecule has 4 heterocycles. The van der Waals surface area contributed by atoms with Crippen molar-refractivity contribution in [3.8, 4) is 11.3 Å². The van der Waals surface area contributed by atoms with Crippen molar-refractivity contribution < 1.29 is 19.1 Å². The number of carbonyl (C=O) groups excluding carboxylic acids is 3. The fourth-order valence-electron chi connectivity index (χ4n) is 7.78. The standard InChI is InChI=1S/C41H45N5O4/c1-27-28(2)39(46(29(27)3)41(42)49)36-22-32-15-16-44(38(47)14-13-30-9-5-4-6-10-30)24-34(32)23-37(36)40(48)45-25-33-12-8-7-11-31(33)21-35(45)26-43-17-19-50-20-18-43/h4-14,22-23,35H,15-21,24-26H2,1-3H3,(H2,42,49)/b14-13+/t35-/m0/s1. The zero-order valence-electron chi connectivity index (χ0n) is 29.2. The largest absolute Gasteiger partial charge is 0.379 e. The Hall–Kier alpha value is -4.99. The summed E-state index contributed by atoms with van der Waals surface area (Å²) in [6.45, 7) is 11.1. The molecule has 9 nitrogen and oxygen atoms in total. The third-order valence-corrected chi connectivity index (χ3v) is 10.8. The Balaban J connectivity index is 1.30. The molecule has 1 fully saturated rings. The number of primary amides is 1. The van der Waals surface area contributed by atoms with Crippen molar-refractivity contribution in [2.75, 3.05) is 39.4 Å². The number of nitrogens with zero attached hydrogens (tertiary/aromatic N) is 4. The first-order valence-electron chi connectivity index (χ1n) is 17.5. The molecule has 1 atom stereocenters. The van der Waals surface area contributed by atoms with E-state index in [1.54, 1.807) is 10.6 Å². The Bertz CT molecular complexity index is 1970. The molecule has 1 aromatic heterocycles.